The summed E-state index contributed by atoms with van der Waals surface area (Å²) in [4.78, 5) is 20.4. The second-order valence-corrected chi connectivity index (χ2v) is 5.40. The van der Waals surface area contributed by atoms with Crippen molar-refractivity contribution < 1.29 is 9.18 Å². The Morgan fingerprint density at radius 2 is 2.08 bits per heavy atom. The van der Waals surface area contributed by atoms with Gasteiger partial charge in [-0.1, -0.05) is 0 Å². The maximum absolute atomic E-state index is 13.6. The Labute approximate surface area is 136 Å². The molecule has 1 amide bonds. The standard InChI is InChI=1S/C16H13FN6O/c17-10-7-9(1-2-11(10)18)15-19-4-3-12(21-15)13-8-14-16(24)20-5-6-23(14)22-13/h1-4,7-8H,5-6,18H2,(H,20,24). The Balaban J connectivity index is 1.75. The summed E-state index contributed by atoms with van der Waals surface area (Å²) in [5.41, 5.74) is 7.71. The highest BCUT2D eigenvalue weighted by atomic mass is 19.1. The Bertz CT molecular complexity index is 951. The van der Waals surface area contributed by atoms with Gasteiger partial charge in [-0.3, -0.25) is 9.48 Å². The molecule has 1 aliphatic rings. The van der Waals surface area contributed by atoms with Crippen molar-refractivity contribution in [2.75, 3.05) is 12.3 Å². The number of nitrogens with two attached hydrogens (primary N) is 1. The van der Waals surface area contributed by atoms with Gasteiger partial charge in [-0.15, -0.1) is 0 Å². The molecule has 0 saturated carbocycles. The van der Waals surface area contributed by atoms with E-state index in [9.17, 15) is 9.18 Å². The molecule has 0 radical (unpaired) electrons. The molecule has 3 N–H and O–H groups in total. The van der Waals surface area contributed by atoms with E-state index in [0.29, 0.717) is 41.6 Å². The van der Waals surface area contributed by atoms with E-state index in [4.69, 9.17) is 5.73 Å². The Morgan fingerprint density at radius 1 is 1.21 bits per heavy atom. The zero-order chi connectivity index (χ0) is 16.7. The predicted octanol–water partition coefficient (Wildman–Crippen LogP) is 1.47. The highest BCUT2D eigenvalue weighted by Gasteiger charge is 2.20. The van der Waals surface area contributed by atoms with Gasteiger partial charge in [0.05, 0.1) is 17.9 Å². The van der Waals surface area contributed by atoms with Crippen molar-refractivity contribution in [2.24, 2.45) is 0 Å². The topological polar surface area (TPSA) is 98.7 Å². The van der Waals surface area contributed by atoms with Gasteiger partial charge in [-0.25, -0.2) is 14.4 Å². The lowest BCUT2D eigenvalue weighted by atomic mass is 10.1. The molecule has 3 heterocycles. The van der Waals surface area contributed by atoms with Crippen LogP contribution in [0.15, 0.2) is 36.5 Å². The summed E-state index contributed by atoms with van der Waals surface area (Å²) in [6, 6.07) is 7.80. The number of hydrogen-bond acceptors (Lipinski definition) is 5. The maximum Gasteiger partial charge on any atom is 0.269 e. The molecule has 24 heavy (non-hydrogen) atoms. The van der Waals surface area contributed by atoms with Crippen LogP contribution < -0.4 is 11.1 Å². The quantitative estimate of drug-likeness (QED) is 0.696. The average molecular weight is 324 g/mol. The number of carbonyl (C=O) groups is 1. The number of nitrogen functional groups attached to an aromatic ring is 1. The number of amides is 1. The zero-order valence-corrected chi connectivity index (χ0v) is 12.5. The van der Waals surface area contributed by atoms with Gasteiger partial charge in [0.15, 0.2) is 5.82 Å². The van der Waals surface area contributed by atoms with Crippen LogP contribution in [-0.2, 0) is 6.54 Å². The van der Waals surface area contributed by atoms with Crippen LogP contribution in [0.5, 0.6) is 0 Å². The van der Waals surface area contributed by atoms with E-state index in [1.165, 1.54) is 12.1 Å². The molecule has 8 heteroatoms. The number of aromatic nitrogens is 4. The summed E-state index contributed by atoms with van der Waals surface area (Å²) in [6.07, 6.45) is 1.57. The van der Waals surface area contributed by atoms with E-state index in [2.05, 4.69) is 20.4 Å². The highest BCUT2D eigenvalue weighted by Crippen LogP contribution is 2.23. The van der Waals surface area contributed by atoms with E-state index in [0.717, 1.165) is 0 Å². The van der Waals surface area contributed by atoms with Crippen LogP contribution in [0.4, 0.5) is 10.1 Å². The minimum atomic E-state index is -0.518. The summed E-state index contributed by atoms with van der Waals surface area (Å²) in [6.45, 7) is 1.16. The number of anilines is 1. The number of nitrogens with zero attached hydrogens (tertiary/aromatic N) is 4. The minimum absolute atomic E-state index is 0.0719. The number of carbonyl (C=O) groups excluding carboxylic acids is 1. The van der Waals surface area contributed by atoms with Crippen LogP contribution in [0.3, 0.4) is 0 Å². The molecule has 0 spiro atoms. The Kier molecular flexibility index (Phi) is 3.23. The van der Waals surface area contributed by atoms with E-state index < -0.39 is 5.82 Å². The molecule has 120 valence electrons. The lowest BCUT2D eigenvalue weighted by Crippen LogP contribution is -2.35. The lowest BCUT2D eigenvalue weighted by molar-refractivity contribution is 0.0924. The van der Waals surface area contributed by atoms with E-state index >= 15 is 0 Å². The third-order valence-corrected chi connectivity index (χ3v) is 3.80. The number of hydrogen-bond donors (Lipinski definition) is 2. The molecule has 3 aromatic rings. The van der Waals surface area contributed by atoms with Crippen molar-refractivity contribution in [3.05, 3.63) is 48.0 Å². The molecule has 2 aromatic heterocycles. The first-order chi connectivity index (χ1) is 11.6. The van der Waals surface area contributed by atoms with Crippen LogP contribution in [0, 0.1) is 5.82 Å². The summed E-state index contributed by atoms with van der Waals surface area (Å²) < 4.78 is 15.3. The molecular formula is C16H13FN6O. The Morgan fingerprint density at radius 3 is 2.88 bits per heavy atom. The SMILES string of the molecule is Nc1ccc(-c2nccc(-c3cc4n(n3)CCNC4=O)n2)cc1F. The molecule has 1 aromatic carbocycles. The normalized spacial score (nSPS) is 13.5. The molecule has 0 unspecified atom stereocenters. The zero-order valence-electron chi connectivity index (χ0n) is 12.5. The van der Waals surface area contributed by atoms with Crippen LogP contribution in [0.2, 0.25) is 0 Å². The first kappa shape index (κ1) is 14.3. The number of fused-ring (bicyclic) bond motifs is 1. The molecule has 0 atom stereocenters. The number of nitrogens with one attached hydrogen (secondary N) is 1. The number of rotatable bonds is 2. The third kappa shape index (κ3) is 2.37. The van der Waals surface area contributed by atoms with Crippen molar-refractivity contribution >= 4 is 11.6 Å². The summed E-state index contributed by atoms with van der Waals surface area (Å²) in [5.74, 6) is -0.313. The number of halogens is 1. The van der Waals surface area contributed by atoms with E-state index in [1.54, 1.807) is 29.1 Å². The van der Waals surface area contributed by atoms with Crippen LogP contribution in [0.25, 0.3) is 22.8 Å². The molecule has 1 aliphatic heterocycles. The molecule has 0 aliphatic carbocycles. The van der Waals surface area contributed by atoms with Gasteiger partial charge in [0.25, 0.3) is 5.91 Å². The van der Waals surface area contributed by atoms with Crippen LogP contribution in [0.1, 0.15) is 10.5 Å². The smallest absolute Gasteiger partial charge is 0.269 e. The first-order valence-corrected chi connectivity index (χ1v) is 7.37. The lowest BCUT2D eigenvalue weighted by Gasteiger charge is -2.13. The van der Waals surface area contributed by atoms with Gasteiger partial charge in [0.1, 0.15) is 17.2 Å². The van der Waals surface area contributed by atoms with Crippen LogP contribution in [-0.4, -0.2) is 32.2 Å². The van der Waals surface area contributed by atoms with Gasteiger partial charge in [0.2, 0.25) is 0 Å². The monoisotopic (exact) mass is 324 g/mol. The molecular weight excluding hydrogens is 311 g/mol. The summed E-state index contributed by atoms with van der Waals surface area (Å²) in [5, 5.41) is 7.18. The van der Waals surface area contributed by atoms with Crippen molar-refractivity contribution in [2.45, 2.75) is 6.54 Å². The fourth-order valence-electron chi connectivity index (χ4n) is 2.57. The van der Waals surface area contributed by atoms with Crippen LogP contribution >= 0.6 is 0 Å². The van der Waals surface area contributed by atoms with Gasteiger partial charge in [0, 0.05) is 18.3 Å². The van der Waals surface area contributed by atoms with Crippen molar-refractivity contribution in [1.82, 2.24) is 25.1 Å². The minimum Gasteiger partial charge on any atom is -0.396 e. The predicted molar refractivity (Wildman–Crippen MR) is 85.4 cm³/mol. The molecule has 4 rings (SSSR count). The summed E-state index contributed by atoms with van der Waals surface area (Å²) in [7, 11) is 0. The maximum atomic E-state index is 13.6. The molecule has 0 saturated heterocycles. The first-order valence-electron chi connectivity index (χ1n) is 7.37. The number of benzene rings is 1. The van der Waals surface area contributed by atoms with Gasteiger partial charge >= 0.3 is 0 Å². The highest BCUT2D eigenvalue weighted by molar-refractivity contribution is 5.94. The van der Waals surface area contributed by atoms with Crippen molar-refractivity contribution in [3.63, 3.8) is 0 Å². The second-order valence-electron chi connectivity index (χ2n) is 5.40. The molecule has 0 bridgehead atoms. The third-order valence-electron chi connectivity index (χ3n) is 3.80. The average Bonchev–Trinajstić information content (AvgIpc) is 3.03. The fraction of sp³-hybridized carbons (Fsp3) is 0.125. The van der Waals surface area contributed by atoms with E-state index in [-0.39, 0.29) is 11.6 Å². The Hall–Kier alpha value is -3.29. The largest absolute Gasteiger partial charge is 0.396 e. The van der Waals surface area contributed by atoms with Gasteiger partial charge < -0.3 is 11.1 Å². The second kappa shape index (κ2) is 5.41. The van der Waals surface area contributed by atoms with Crippen molar-refractivity contribution in [3.8, 4) is 22.8 Å². The van der Waals surface area contributed by atoms with Gasteiger partial charge in [-0.2, -0.15) is 5.10 Å². The molecule has 7 nitrogen and oxygen atoms in total. The van der Waals surface area contributed by atoms with Crippen molar-refractivity contribution in [1.29, 1.82) is 0 Å². The van der Waals surface area contributed by atoms with E-state index in [1.807, 2.05) is 0 Å². The summed E-state index contributed by atoms with van der Waals surface area (Å²) >= 11 is 0. The van der Waals surface area contributed by atoms with Gasteiger partial charge in [-0.05, 0) is 30.3 Å². The molecule has 0 fully saturated rings. The fourth-order valence-corrected chi connectivity index (χ4v) is 2.57.